The van der Waals surface area contributed by atoms with Crippen LogP contribution >= 0.6 is 0 Å². The summed E-state index contributed by atoms with van der Waals surface area (Å²) in [7, 11) is 0. The summed E-state index contributed by atoms with van der Waals surface area (Å²) in [4.78, 5) is 14.6. The van der Waals surface area contributed by atoms with E-state index in [9.17, 15) is 23.2 Å². The Morgan fingerprint density at radius 2 is 1.90 bits per heavy atom. The lowest BCUT2D eigenvalue weighted by Gasteiger charge is -2.39. The van der Waals surface area contributed by atoms with E-state index in [0.717, 1.165) is 17.7 Å². The number of ether oxygens (including phenoxy) is 1. The summed E-state index contributed by atoms with van der Waals surface area (Å²) in [6.07, 6.45) is -4.54. The molecule has 2 aliphatic heterocycles. The van der Waals surface area contributed by atoms with Gasteiger partial charge in [-0.3, -0.25) is 4.79 Å². The Bertz CT molecular complexity index is 1030. The minimum atomic E-state index is -4.54. The highest BCUT2D eigenvalue weighted by molar-refractivity contribution is 6.04. The van der Waals surface area contributed by atoms with E-state index in [0.29, 0.717) is 16.8 Å². The normalized spacial score (nSPS) is 17.9. The first kappa shape index (κ1) is 19.5. The van der Waals surface area contributed by atoms with E-state index in [1.807, 2.05) is 12.1 Å². The number of nitrogens with one attached hydrogen (secondary N) is 1. The van der Waals surface area contributed by atoms with Crippen LogP contribution in [0.2, 0.25) is 0 Å². The number of carbonyl (C=O) groups is 1. The van der Waals surface area contributed by atoms with Crippen LogP contribution in [0.1, 0.15) is 40.9 Å². The summed E-state index contributed by atoms with van der Waals surface area (Å²) < 4.78 is 46.0. The van der Waals surface area contributed by atoms with Crippen molar-refractivity contribution in [3.05, 3.63) is 70.3 Å². The third kappa shape index (κ3) is 3.18. The second kappa shape index (κ2) is 6.60. The lowest BCUT2D eigenvalue weighted by Crippen LogP contribution is -2.42. The number of nitrogens with zero attached hydrogens (tertiary/aromatic N) is 1. The molecule has 0 atom stereocenters. The summed E-state index contributed by atoms with van der Waals surface area (Å²) in [6, 6.07) is 10.3. The maximum Gasteiger partial charge on any atom is 0.416 e. The number of benzene rings is 2. The van der Waals surface area contributed by atoms with Gasteiger partial charge in [0, 0.05) is 23.2 Å². The van der Waals surface area contributed by atoms with Gasteiger partial charge in [-0.05, 0) is 43.7 Å². The quantitative estimate of drug-likeness (QED) is 0.752. The Balaban J connectivity index is 1.94. The SMILES string of the molecule is CC1(C)Oc2ccc(C(F)(F)F)cc2C(N2Cc3ccccc3C2=O)=C1CNO. The fourth-order valence-electron chi connectivity index (χ4n) is 3.88. The van der Waals surface area contributed by atoms with E-state index < -0.39 is 17.3 Å². The number of fused-ring (bicyclic) bond motifs is 2. The smallest absolute Gasteiger partial charge is 0.416 e. The lowest BCUT2D eigenvalue weighted by atomic mass is 9.88. The highest BCUT2D eigenvalue weighted by atomic mass is 19.4. The first-order chi connectivity index (χ1) is 13.6. The van der Waals surface area contributed by atoms with Crippen molar-refractivity contribution in [1.82, 2.24) is 10.4 Å². The number of hydroxylamine groups is 1. The average molecular weight is 404 g/mol. The van der Waals surface area contributed by atoms with E-state index in [-0.39, 0.29) is 30.3 Å². The van der Waals surface area contributed by atoms with Crippen LogP contribution in [-0.4, -0.2) is 28.2 Å². The molecule has 0 saturated carbocycles. The van der Waals surface area contributed by atoms with Gasteiger partial charge in [-0.1, -0.05) is 18.2 Å². The molecule has 2 aromatic rings. The summed E-state index contributed by atoms with van der Waals surface area (Å²) in [5, 5.41) is 9.36. The van der Waals surface area contributed by atoms with Gasteiger partial charge >= 0.3 is 6.18 Å². The fraction of sp³-hybridized carbons (Fsp3) is 0.286. The highest BCUT2D eigenvalue weighted by Gasteiger charge is 2.42. The minimum absolute atomic E-state index is 0.0713. The molecule has 0 aromatic heterocycles. The zero-order chi connectivity index (χ0) is 21.0. The molecule has 5 nitrogen and oxygen atoms in total. The van der Waals surface area contributed by atoms with E-state index in [1.165, 1.54) is 11.0 Å². The van der Waals surface area contributed by atoms with Crippen molar-refractivity contribution in [2.75, 3.05) is 6.54 Å². The maximum atomic E-state index is 13.4. The molecule has 8 heteroatoms. The zero-order valence-corrected chi connectivity index (χ0v) is 15.8. The van der Waals surface area contributed by atoms with Crippen molar-refractivity contribution in [3.63, 3.8) is 0 Å². The molecule has 0 bridgehead atoms. The van der Waals surface area contributed by atoms with Crippen LogP contribution in [0.15, 0.2) is 48.0 Å². The standard InChI is InChI=1S/C21H19F3N2O3/c1-20(2)16(10-25-28)18(26-11-12-5-3-4-6-14(12)19(26)27)15-9-13(21(22,23)24)7-8-17(15)29-20/h3-9,25,28H,10-11H2,1-2H3. The predicted octanol–water partition coefficient (Wildman–Crippen LogP) is 4.22. The lowest BCUT2D eigenvalue weighted by molar-refractivity contribution is -0.137. The molecule has 2 aliphatic rings. The third-order valence-electron chi connectivity index (χ3n) is 5.29. The molecular formula is C21H19F3N2O3. The monoisotopic (exact) mass is 404 g/mol. The van der Waals surface area contributed by atoms with Gasteiger partial charge in [0.15, 0.2) is 0 Å². The molecular weight excluding hydrogens is 385 g/mol. The fourth-order valence-corrected chi connectivity index (χ4v) is 3.88. The Morgan fingerprint density at radius 1 is 1.17 bits per heavy atom. The number of hydrogen-bond donors (Lipinski definition) is 2. The first-order valence-electron chi connectivity index (χ1n) is 9.04. The number of hydrogen-bond acceptors (Lipinski definition) is 4. The van der Waals surface area contributed by atoms with E-state index >= 15 is 0 Å². The van der Waals surface area contributed by atoms with Crippen LogP contribution in [-0.2, 0) is 12.7 Å². The van der Waals surface area contributed by atoms with Crippen molar-refractivity contribution in [3.8, 4) is 5.75 Å². The predicted molar refractivity (Wildman–Crippen MR) is 99.2 cm³/mol. The second-order valence-corrected chi connectivity index (χ2v) is 7.53. The molecule has 4 rings (SSSR count). The van der Waals surface area contributed by atoms with Gasteiger partial charge in [0.05, 0.1) is 17.8 Å². The number of amides is 1. The summed E-state index contributed by atoms with van der Waals surface area (Å²) in [5.74, 6) is -0.0458. The van der Waals surface area contributed by atoms with Crippen LogP contribution in [0.3, 0.4) is 0 Å². The Hall–Kier alpha value is -2.84. The van der Waals surface area contributed by atoms with Crippen LogP contribution in [0.25, 0.3) is 5.70 Å². The molecule has 0 unspecified atom stereocenters. The molecule has 0 radical (unpaired) electrons. The van der Waals surface area contributed by atoms with Crippen molar-refractivity contribution >= 4 is 11.6 Å². The number of rotatable bonds is 3. The Labute approximate surface area is 165 Å². The van der Waals surface area contributed by atoms with E-state index in [1.54, 1.807) is 26.0 Å². The average Bonchev–Trinajstić information content (AvgIpc) is 2.98. The Kier molecular flexibility index (Phi) is 4.43. The number of halogens is 3. The topological polar surface area (TPSA) is 61.8 Å². The number of alkyl halides is 3. The molecule has 0 spiro atoms. The summed E-state index contributed by atoms with van der Waals surface area (Å²) in [5.41, 5.74) is 2.55. The molecule has 0 saturated heterocycles. The van der Waals surface area contributed by atoms with Crippen molar-refractivity contribution < 1.29 is 27.9 Å². The van der Waals surface area contributed by atoms with E-state index in [2.05, 4.69) is 5.48 Å². The van der Waals surface area contributed by atoms with Crippen molar-refractivity contribution in [2.45, 2.75) is 32.2 Å². The highest BCUT2D eigenvalue weighted by Crippen LogP contribution is 2.46. The van der Waals surface area contributed by atoms with Crippen LogP contribution in [0.5, 0.6) is 5.75 Å². The van der Waals surface area contributed by atoms with Crippen molar-refractivity contribution in [1.29, 1.82) is 0 Å². The van der Waals surface area contributed by atoms with Gasteiger partial charge in [-0.2, -0.15) is 13.2 Å². The van der Waals surface area contributed by atoms with Gasteiger partial charge in [0.1, 0.15) is 11.4 Å². The van der Waals surface area contributed by atoms with Crippen LogP contribution in [0, 0.1) is 0 Å². The zero-order valence-electron chi connectivity index (χ0n) is 15.8. The largest absolute Gasteiger partial charge is 0.483 e. The maximum absolute atomic E-state index is 13.4. The van der Waals surface area contributed by atoms with E-state index in [4.69, 9.17) is 4.74 Å². The van der Waals surface area contributed by atoms with Crippen LogP contribution in [0.4, 0.5) is 13.2 Å². The number of carbonyl (C=O) groups excluding carboxylic acids is 1. The minimum Gasteiger partial charge on any atom is -0.483 e. The first-order valence-corrected chi connectivity index (χ1v) is 9.04. The molecule has 2 heterocycles. The van der Waals surface area contributed by atoms with Gasteiger partial charge in [0.2, 0.25) is 0 Å². The molecule has 0 aliphatic carbocycles. The summed E-state index contributed by atoms with van der Waals surface area (Å²) in [6.45, 7) is 3.64. The Morgan fingerprint density at radius 3 is 2.55 bits per heavy atom. The molecule has 0 fully saturated rings. The van der Waals surface area contributed by atoms with Gasteiger partial charge < -0.3 is 14.8 Å². The summed E-state index contributed by atoms with van der Waals surface area (Å²) >= 11 is 0. The van der Waals surface area contributed by atoms with Gasteiger partial charge in [-0.25, -0.2) is 5.48 Å². The molecule has 2 aromatic carbocycles. The second-order valence-electron chi connectivity index (χ2n) is 7.53. The molecule has 2 N–H and O–H groups in total. The third-order valence-corrected chi connectivity index (χ3v) is 5.29. The van der Waals surface area contributed by atoms with Gasteiger partial charge in [-0.15, -0.1) is 0 Å². The molecule has 152 valence electrons. The molecule has 1 amide bonds. The molecule has 29 heavy (non-hydrogen) atoms. The van der Waals surface area contributed by atoms with Gasteiger partial charge in [0.25, 0.3) is 5.91 Å². The van der Waals surface area contributed by atoms with Crippen LogP contribution < -0.4 is 10.2 Å². The van der Waals surface area contributed by atoms with Crippen molar-refractivity contribution in [2.24, 2.45) is 0 Å².